The number of nitrogens with two attached hydrogens (primary N) is 1. The van der Waals surface area contributed by atoms with Gasteiger partial charge in [0, 0.05) is 10.9 Å². The predicted octanol–water partition coefficient (Wildman–Crippen LogP) is 3.93. The van der Waals surface area contributed by atoms with Crippen molar-refractivity contribution >= 4 is 11.6 Å². The summed E-state index contributed by atoms with van der Waals surface area (Å²) in [6.07, 6.45) is 4.62. The number of nitriles is 3. The number of halogens is 1. The molecule has 5 heteroatoms. The number of rotatable bonds is 1. The summed E-state index contributed by atoms with van der Waals surface area (Å²) in [5.74, 6) is -0.593. The molecule has 118 valence electrons. The molecule has 0 heterocycles. The van der Waals surface area contributed by atoms with Crippen molar-refractivity contribution in [2.24, 2.45) is 17.1 Å². The molecule has 2 atom stereocenters. The molecule has 0 fully saturated rings. The average Bonchev–Trinajstić information content (AvgIpc) is 2.62. The van der Waals surface area contributed by atoms with Crippen LogP contribution in [0, 0.1) is 45.3 Å². The van der Waals surface area contributed by atoms with Crippen molar-refractivity contribution in [3.8, 4) is 18.2 Å². The molecule has 24 heavy (non-hydrogen) atoms. The fraction of sp³-hybridized carbons (Fsp3) is 0.316. The number of hydrogen-bond donors (Lipinski definition) is 1. The zero-order valence-electron chi connectivity index (χ0n) is 13.0. The van der Waals surface area contributed by atoms with Gasteiger partial charge in [0.1, 0.15) is 6.07 Å². The first-order chi connectivity index (χ1) is 11.6. The second kappa shape index (κ2) is 6.04. The van der Waals surface area contributed by atoms with E-state index < -0.39 is 11.3 Å². The fourth-order valence-corrected chi connectivity index (χ4v) is 4.20. The van der Waals surface area contributed by atoms with Gasteiger partial charge in [-0.3, -0.25) is 0 Å². The monoisotopic (exact) mass is 334 g/mol. The van der Waals surface area contributed by atoms with Gasteiger partial charge in [0.05, 0.1) is 23.4 Å². The molecule has 0 saturated carbocycles. The third-order valence-electron chi connectivity index (χ3n) is 5.04. The standard InChI is InChI=1S/C19H15ClN4/c20-16-8-4-3-7-14(16)17-13-6-2-1-5-12(13)15(9-21)18(24)19(17,10-22)11-23/h3-5,7-8,13,17H,1-2,6,24H2/t13-,17-/m1/s1. The van der Waals surface area contributed by atoms with E-state index in [0.717, 1.165) is 30.4 Å². The highest BCUT2D eigenvalue weighted by Gasteiger charge is 2.54. The van der Waals surface area contributed by atoms with Gasteiger partial charge in [0.2, 0.25) is 0 Å². The minimum Gasteiger partial charge on any atom is -0.399 e. The largest absolute Gasteiger partial charge is 0.399 e. The van der Waals surface area contributed by atoms with Gasteiger partial charge in [-0.05, 0) is 42.4 Å². The molecule has 0 aliphatic heterocycles. The first-order valence-corrected chi connectivity index (χ1v) is 8.16. The molecule has 0 amide bonds. The van der Waals surface area contributed by atoms with Crippen molar-refractivity contribution < 1.29 is 0 Å². The Balaban J connectivity index is 2.37. The number of fused-ring (bicyclic) bond motifs is 1. The van der Waals surface area contributed by atoms with Gasteiger partial charge < -0.3 is 5.73 Å². The van der Waals surface area contributed by atoms with Crippen LogP contribution in [0.15, 0.2) is 47.2 Å². The highest BCUT2D eigenvalue weighted by molar-refractivity contribution is 6.31. The smallest absolute Gasteiger partial charge is 0.191 e. The molecule has 1 aromatic carbocycles. The van der Waals surface area contributed by atoms with E-state index in [2.05, 4.69) is 18.2 Å². The van der Waals surface area contributed by atoms with E-state index in [4.69, 9.17) is 17.3 Å². The van der Waals surface area contributed by atoms with Gasteiger partial charge >= 0.3 is 0 Å². The Bertz CT molecular complexity index is 862. The Morgan fingerprint density at radius 2 is 1.88 bits per heavy atom. The van der Waals surface area contributed by atoms with E-state index in [9.17, 15) is 15.8 Å². The van der Waals surface area contributed by atoms with Crippen molar-refractivity contribution in [1.82, 2.24) is 0 Å². The van der Waals surface area contributed by atoms with E-state index in [-0.39, 0.29) is 17.2 Å². The number of hydrogen-bond acceptors (Lipinski definition) is 4. The maximum atomic E-state index is 9.88. The van der Waals surface area contributed by atoms with E-state index in [0.29, 0.717) is 5.02 Å². The summed E-state index contributed by atoms with van der Waals surface area (Å²) >= 11 is 6.39. The number of allylic oxidation sites excluding steroid dienone is 4. The molecule has 3 rings (SSSR count). The second-order valence-corrected chi connectivity index (χ2v) is 6.54. The Labute approximate surface area is 146 Å². The second-order valence-electron chi connectivity index (χ2n) is 6.13. The van der Waals surface area contributed by atoms with Crippen LogP contribution in [0.4, 0.5) is 0 Å². The summed E-state index contributed by atoms with van der Waals surface area (Å²) in [5.41, 5.74) is 6.53. The van der Waals surface area contributed by atoms with Gasteiger partial charge in [-0.1, -0.05) is 35.9 Å². The minimum atomic E-state index is -1.59. The molecule has 2 aliphatic rings. The lowest BCUT2D eigenvalue weighted by molar-refractivity contribution is 0.317. The summed E-state index contributed by atoms with van der Waals surface area (Å²) in [6.45, 7) is 0. The maximum Gasteiger partial charge on any atom is 0.191 e. The molecule has 2 aliphatic carbocycles. The Kier molecular flexibility index (Phi) is 4.06. The van der Waals surface area contributed by atoms with Gasteiger partial charge in [0.25, 0.3) is 0 Å². The van der Waals surface area contributed by atoms with Crippen molar-refractivity contribution in [2.75, 3.05) is 0 Å². The van der Waals surface area contributed by atoms with Gasteiger partial charge in [-0.15, -0.1) is 0 Å². The molecule has 0 saturated heterocycles. The van der Waals surface area contributed by atoms with Crippen LogP contribution < -0.4 is 5.73 Å². The molecule has 1 aromatic rings. The molecule has 0 bridgehead atoms. The lowest BCUT2D eigenvalue weighted by atomic mass is 9.57. The van der Waals surface area contributed by atoms with Crippen LogP contribution in [0.5, 0.6) is 0 Å². The molecule has 2 N–H and O–H groups in total. The number of benzene rings is 1. The first kappa shape index (κ1) is 16.1. The number of nitrogens with zero attached hydrogens (tertiary/aromatic N) is 3. The lowest BCUT2D eigenvalue weighted by Gasteiger charge is -2.43. The zero-order valence-corrected chi connectivity index (χ0v) is 13.7. The van der Waals surface area contributed by atoms with Crippen molar-refractivity contribution in [3.05, 3.63) is 57.8 Å². The normalized spacial score (nSPS) is 24.8. The van der Waals surface area contributed by atoms with Crippen LogP contribution in [0.25, 0.3) is 0 Å². The van der Waals surface area contributed by atoms with Gasteiger partial charge in [0.15, 0.2) is 5.41 Å². The van der Waals surface area contributed by atoms with Crippen LogP contribution in [-0.4, -0.2) is 0 Å². The summed E-state index contributed by atoms with van der Waals surface area (Å²) in [7, 11) is 0. The summed E-state index contributed by atoms with van der Waals surface area (Å²) in [5, 5.41) is 29.8. The fourth-order valence-electron chi connectivity index (χ4n) is 3.94. The summed E-state index contributed by atoms with van der Waals surface area (Å²) < 4.78 is 0. The Morgan fingerprint density at radius 1 is 1.17 bits per heavy atom. The third kappa shape index (κ3) is 2.10. The molecule has 0 aromatic heterocycles. The van der Waals surface area contributed by atoms with E-state index in [1.165, 1.54) is 0 Å². The first-order valence-electron chi connectivity index (χ1n) is 7.78. The van der Waals surface area contributed by atoms with Crippen molar-refractivity contribution in [1.29, 1.82) is 15.8 Å². The molecule has 0 unspecified atom stereocenters. The molecule has 0 radical (unpaired) electrons. The lowest BCUT2D eigenvalue weighted by Crippen LogP contribution is -2.42. The topological polar surface area (TPSA) is 97.4 Å². The third-order valence-corrected chi connectivity index (χ3v) is 5.38. The highest BCUT2D eigenvalue weighted by atomic mass is 35.5. The molecule has 0 spiro atoms. The van der Waals surface area contributed by atoms with E-state index >= 15 is 0 Å². The van der Waals surface area contributed by atoms with E-state index in [1.807, 2.05) is 24.3 Å². The van der Waals surface area contributed by atoms with Crippen LogP contribution in [0.1, 0.15) is 30.7 Å². The van der Waals surface area contributed by atoms with Crippen molar-refractivity contribution in [3.63, 3.8) is 0 Å². The Morgan fingerprint density at radius 3 is 2.50 bits per heavy atom. The zero-order chi connectivity index (χ0) is 17.3. The predicted molar refractivity (Wildman–Crippen MR) is 90.1 cm³/mol. The van der Waals surface area contributed by atoms with E-state index in [1.54, 1.807) is 6.07 Å². The molecular weight excluding hydrogens is 320 g/mol. The van der Waals surface area contributed by atoms with Gasteiger partial charge in [-0.2, -0.15) is 15.8 Å². The minimum absolute atomic E-state index is 0.0457. The average molecular weight is 335 g/mol. The quantitative estimate of drug-likeness (QED) is 0.841. The Hall–Kier alpha value is -2.74. The van der Waals surface area contributed by atoms with Crippen LogP contribution in [-0.2, 0) is 0 Å². The van der Waals surface area contributed by atoms with Crippen LogP contribution in [0.3, 0.4) is 0 Å². The highest BCUT2D eigenvalue weighted by Crippen LogP contribution is 2.56. The molecule has 4 nitrogen and oxygen atoms in total. The summed E-state index contributed by atoms with van der Waals surface area (Å²) in [6, 6.07) is 13.6. The maximum absolute atomic E-state index is 9.88. The SMILES string of the molecule is N#CC1=C(N)C(C#N)(C#N)[C@@H](c2ccccc2Cl)[C@@H]2CCCC=C12. The molecular formula is C19H15ClN4. The van der Waals surface area contributed by atoms with Crippen molar-refractivity contribution in [2.45, 2.75) is 25.2 Å². The van der Waals surface area contributed by atoms with Gasteiger partial charge in [-0.25, -0.2) is 0 Å². The van der Waals surface area contributed by atoms with Crippen LogP contribution in [0.2, 0.25) is 5.02 Å². The summed E-state index contributed by atoms with van der Waals surface area (Å²) in [4.78, 5) is 0. The van der Waals surface area contributed by atoms with Crippen LogP contribution >= 0.6 is 11.6 Å².